The van der Waals surface area contributed by atoms with Crippen molar-refractivity contribution >= 4 is 12.0 Å². The highest BCUT2D eigenvalue weighted by Gasteiger charge is 2.20. The van der Waals surface area contributed by atoms with Gasteiger partial charge in [-0.15, -0.1) is 0 Å². The van der Waals surface area contributed by atoms with Crippen LogP contribution in [0, 0.1) is 5.82 Å². The lowest BCUT2D eigenvalue weighted by Crippen LogP contribution is -2.47. The number of urea groups is 1. The van der Waals surface area contributed by atoms with Crippen LogP contribution in [0.3, 0.4) is 0 Å². The lowest BCUT2D eigenvalue weighted by atomic mass is 10.1. The van der Waals surface area contributed by atoms with E-state index in [4.69, 9.17) is 9.84 Å². The molecule has 1 rings (SSSR count). The van der Waals surface area contributed by atoms with E-state index >= 15 is 0 Å². The summed E-state index contributed by atoms with van der Waals surface area (Å²) in [5, 5.41) is 13.9. The van der Waals surface area contributed by atoms with Crippen LogP contribution in [-0.2, 0) is 9.53 Å². The summed E-state index contributed by atoms with van der Waals surface area (Å²) in [5.74, 6) is -1.54. The average Bonchev–Trinajstić information content (AvgIpc) is 2.43. The molecule has 2 atom stereocenters. The minimum atomic E-state index is -1.14. The Morgan fingerprint density at radius 2 is 2.10 bits per heavy atom. The summed E-state index contributed by atoms with van der Waals surface area (Å²) in [4.78, 5) is 22.8. The molecule has 1 aromatic rings. The molecule has 0 aromatic heterocycles. The molecular weight excluding hydrogens is 279 g/mol. The molecule has 0 heterocycles. The van der Waals surface area contributed by atoms with Gasteiger partial charge in [0.15, 0.2) is 0 Å². The Hall–Kier alpha value is -2.15. The second kappa shape index (κ2) is 8.21. The summed E-state index contributed by atoms with van der Waals surface area (Å²) in [7, 11) is 1.45. The predicted octanol–water partition coefficient (Wildman–Crippen LogP) is 1.68. The van der Waals surface area contributed by atoms with Crippen LogP contribution in [0.2, 0.25) is 0 Å². The van der Waals surface area contributed by atoms with E-state index < -0.39 is 29.9 Å². The van der Waals surface area contributed by atoms with Crippen LogP contribution in [0.5, 0.6) is 0 Å². The smallest absolute Gasteiger partial charge is 0.326 e. The monoisotopic (exact) mass is 298 g/mol. The molecule has 2 amide bonds. The molecule has 1 aromatic carbocycles. The van der Waals surface area contributed by atoms with Gasteiger partial charge in [0.05, 0.1) is 6.04 Å². The largest absolute Gasteiger partial charge is 0.480 e. The van der Waals surface area contributed by atoms with Crippen molar-refractivity contribution in [2.75, 3.05) is 13.7 Å². The first-order valence-corrected chi connectivity index (χ1v) is 6.48. The molecule has 7 heteroatoms. The molecule has 0 aliphatic rings. The number of carboxylic acids is 1. The zero-order valence-electron chi connectivity index (χ0n) is 11.9. The zero-order valence-corrected chi connectivity index (χ0v) is 11.9. The highest BCUT2D eigenvalue weighted by Crippen LogP contribution is 2.13. The molecule has 2 unspecified atom stereocenters. The number of carboxylic acid groups (broad SMARTS) is 1. The van der Waals surface area contributed by atoms with E-state index in [-0.39, 0.29) is 13.0 Å². The molecule has 116 valence electrons. The maximum absolute atomic E-state index is 13.1. The summed E-state index contributed by atoms with van der Waals surface area (Å²) in [6.07, 6.45) is 0.160. The van der Waals surface area contributed by atoms with Crippen molar-refractivity contribution in [3.8, 4) is 0 Å². The minimum Gasteiger partial charge on any atom is -0.480 e. The van der Waals surface area contributed by atoms with E-state index in [9.17, 15) is 14.0 Å². The van der Waals surface area contributed by atoms with Crippen molar-refractivity contribution in [1.82, 2.24) is 10.6 Å². The van der Waals surface area contributed by atoms with Gasteiger partial charge >= 0.3 is 12.0 Å². The molecule has 0 radical (unpaired) electrons. The molecule has 0 saturated carbocycles. The molecule has 0 bridgehead atoms. The van der Waals surface area contributed by atoms with E-state index in [0.717, 1.165) is 0 Å². The van der Waals surface area contributed by atoms with E-state index in [0.29, 0.717) is 5.56 Å². The fraction of sp³-hybridized carbons (Fsp3) is 0.429. The van der Waals surface area contributed by atoms with Gasteiger partial charge in [-0.1, -0.05) is 12.1 Å². The van der Waals surface area contributed by atoms with Gasteiger partial charge in [0, 0.05) is 20.1 Å². The van der Waals surface area contributed by atoms with E-state index in [1.807, 2.05) is 0 Å². The van der Waals surface area contributed by atoms with Crippen molar-refractivity contribution < 1.29 is 23.8 Å². The van der Waals surface area contributed by atoms with E-state index in [1.54, 1.807) is 19.1 Å². The lowest BCUT2D eigenvalue weighted by Gasteiger charge is -2.18. The number of methoxy groups -OCH3 is 1. The minimum absolute atomic E-state index is 0.160. The van der Waals surface area contributed by atoms with Crippen molar-refractivity contribution in [3.63, 3.8) is 0 Å². The van der Waals surface area contributed by atoms with Gasteiger partial charge in [-0.2, -0.15) is 0 Å². The van der Waals surface area contributed by atoms with Crippen molar-refractivity contribution in [2.45, 2.75) is 25.4 Å². The normalized spacial score (nSPS) is 13.3. The van der Waals surface area contributed by atoms with Crippen LogP contribution in [0.1, 0.15) is 24.9 Å². The molecule has 3 N–H and O–H groups in total. The van der Waals surface area contributed by atoms with Crippen molar-refractivity contribution in [1.29, 1.82) is 0 Å². The van der Waals surface area contributed by atoms with Crippen LogP contribution in [0.4, 0.5) is 9.18 Å². The Balaban J connectivity index is 2.57. The Bertz CT molecular complexity index is 496. The molecule has 0 fully saturated rings. The van der Waals surface area contributed by atoms with Gasteiger partial charge < -0.3 is 20.5 Å². The van der Waals surface area contributed by atoms with Gasteiger partial charge in [-0.25, -0.2) is 14.0 Å². The summed E-state index contributed by atoms with van der Waals surface area (Å²) in [6.45, 7) is 1.90. The number of amides is 2. The molecule has 0 aliphatic carbocycles. The summed E-state index contributed by atoms with van der Waals surface area (Å²) >= 11 is 0. The first kappa shape index (κ1) is 16.9. The summed E-state index contributed by atoms with van der Waals surface area (Å²) < 4.78 is 17.9. The Morgan fingerprint density at radius 3 is 2.67 bits per heavy atom. The second-order valence-electron chi connectivity index (χ2n) is 4.57. The Kier molecular flexibility index (Phi) is 6.61. The van der Waals surface area contributed by atoms with Crippen LogP contribution in [0.15, 0.2) is 24.3 Å². The van der Waals surface area contributed by atoms with Crippen molar-refractivity contribution in [3.05, 3.63) is 35.6 Å². The number of carbonyl (C=O) groups is 2. The maximum atomic E-state index is 13.1. The predicted molar refractivity (Wildman–Crippen MR) is 74.4 cm³/mol. The van der Waals surface area contributed by atoms with Gasteiger partial charge in [-0.05, 0) is 24.6 Å². The molecular formula is C14H19FN2O4. The second-order valence-corrected chi connectivity index (χ2v) is 4.57. The molecule has 0 saturated heterocycles. The number of hydrogen-bond acceptors (Lipinski definition) is 3. The quantitative estimate of drug-likeness (QED) is 0.714. The third-order valence-corrected chi connectivity index (χ3v) is 2.91. The van der Waals surface area contributed by atoms with E-state index in [2.05, 4.69) is 10.6 Å². The maximum Gasteiger partial charge on any atom is 0.326 e. The summed E-state index contributed by atoms with van der Waals surface area (Å²) in [6, 6.07) is 3.72. The van der Waals surface area contributed by atoms with Gasteiger partial charge in [0.2, 0.25) is 0 Å². The number of carbonyl (C=O) groups excluding carboxylic acids is 1. The van der Waals surface area contributed by atoms with Crippen LogP contribution >= 0.6 is 0 Å². The third-order valence-electron chi connectivity index (χ3n) is 2.91. The lowest BCUT2D eigenvalue weighted by molar-refractivity contribution is -0.139. The van der Waals surface area contributed by atoms with Crippen LogP contribution in [-0.4, -0.2) is 36.9 Å². The number of ether oxygens (including phenoxy) is 1. The van der Waals surface area contributed by atoms with Crippen LogP contribution in [0.25, 0.3) is 0 Å². The number of benzene rings is 1. The molecule has 6 nitrogen and oxygen atoms in total. The first-order chi connectivity index (χ1) is 9.93. The topological polar surface area (TPSA) is 87.7 Å². The van der Waals surface area contributed by atoms with Gasteiger partial charge in [0.25, 0.3) is 0 Å². The number of halogens is 1. The fourth-order valence-corrected chi connectivity index (χ4v) is 1.75. The highest BCUT2D eigenvalue weighted by molar-refractivity contribution is 5.82. The van der Waals surface area contributed by atoms with E-state index in [1.165, 1.54) is 19.2 Å². The van der Waals surface area contributed by atoms with Gasteiger partial charge in [0.1, 0.15) is 11.9 Å². The SMILES string of the molecule is COCCC(NC(=O)NC(C)c1cccc(F)c1)C(=O)O. The van der Waals surface area contributed by atoms with Crippen molar-refractivity contribution in [2.24, 2.45) is 0 Å². The number of hydrogen-bond donors (Lipinski definition) is 3. The first-order valence-electron chi connectivity index (χ1n) is 6.48. The standard InChI is InChI=1S/C14H19FN2O4/c1-9(10-4-3-5-11(15)8-10)16-14(20)17-12(13(18)19)6-7-21-2/h3-5,8-9,12H,6-7H2,1-2H3,(H,18,19)(H2,16,17,20). The number of rotatable bonds is 7. The number of aliphatic carboxylic acids is 1. The Labute approximate surface area is 122 Å². The Morgan fingerprint density at radius 1 is 1.38 bits per heavy atom. The van der Waals surface area contributed by atoms with Crippen LogP contribution < -0.4 is 10.6 Å². The number of nitrogens with one attached hydrogen (secondary N) is 2. The summed E-state index contributed by atoms with van der Waals surface area (Å²) in [5.41, 5.74) is 0.592. The van der Waals surface area contributed by atoms with Gasteiger partial charge in [-0.3, -0.25) is 0 Å². The average molecular weight is 298 g/mol. The highest BCUT2D eigenvalue weighted by atomic mass is 19.1. The fourth-order valence-electron chi connectivity index (χ4n) is 1.75. The molecule has 21 heavy (non-hydrogen) atoms. The molecule has 0 spiro atoms. The third kappa shape index (κ3) is 5.78. The molecule has 0 aliphatic heterocycles. The zero-order chi connectivity index (χ0) is 15.8.